The lowest BCUT2D eigenvalue weighted by atomic mass is 10.2. The van der Waals surface area contributed by atoms with Gasteiger partial charge in [0.15, 0.2) is 6.29 Å². The third kappa shape index (κ3) is 4.50. The molecule has 114 valence electrons. The van der Waals surface area contributed by atoms with Crippen LogP contribution >= 0.6 is 0 Å². The Labute approximate surface area is 116 Å². The van der Waals surface area contributed by atoms with Gasteiger partial charge in [-0.25, -0.2) is 0 Å². The van der Waals surface area contributed by atoms with Gasteiger partial charge in [-0.05, 0) is 19.1 Å². The molecule has 1 rings (SSSR count). The van der Waals surface area contributed by atoms with E-state index in [1.165, 1.54) is 33.5 Å². The van der Waals surface area contributed by atoms with E-state index in [-0.39, 0.29) is 11.8 Å². The van der Waals surface area contributed by atoms with Crippen LogP contribution in [0.25, 0.3) is 0 Å². The molecular weight excluding hydrogens is 272 g/mol. The van der Waals surface area contributed by atoms with Crippen LogP contribution in [0.2, 0.25) is 0 Å². The molecule has 5 nitrogen and oxygen atoms in total. The van der Waals surface area contributed by atoms with Crippen LogP contribution in [0.4, 0.5) is 14.5 Å². The monoisotopic (exact) mass is 291 g/mol. The maximum Gasteiger partial charge on any atom is 0.387 e. The number of anilines is 1. The minimum Gasteiger partial charge on any atom is -0.497 e. The molecule has 0 saturated heterocycles. The van der Waals surface area contributed by atoms with E-state index < -0.39 is 12.9 Å². The van der Waals surface area contributed by atoms with Gasteiger partial charge in [-0.3, -0.25) is 0 Å². The second-order valence-corrected chi connectivity index (χ2v) is 4.01. The maximum absolute atomic E-state index is 12.4. The molecule has 0 fully saturated rings. The summed E-state index contributed by atoms with van der Waals surface area (Å²) in [7, 11) is 4.48. The van der Waals surface area contributed by atoms with Crippen molar-refractivity contribution in [2.45, 2.75) is 25.9 Å². The average Bonchev–Trinajstić information content (AvgIpc) is 2.41. The number of methoxy groups -OCH3 is 3. The van der Waals surface area contributed by atoms with Crippen LogP contribution in [-0.2, 0) is 9.47 Å². The van der Waals surface area contributed by atoms with Gasteiger partial charge in [-0.2, -0.15) is 8.78 Å². The zero-order valence-corrected chi connectivity index (χ0v) is 11.9. The Bertz CT molecular complexity index is 413. The van der Waals surface area contributed by atoms with Gasteiger partial charge in [0.2, 0.25) is 0 Å². The fourth-order valence-corrected chi connectivity index (χ4v) is 1.77. The molecule has 0 spiro atoms. The first-order valence-corrected chi connectivity index (χ1v) is 5.96. The van der Waals surface area contributed by atoms with E-state index in [2.05, 4.69) is 10.1 Å². The summed E-state index contributed by atoms with van der Waals surface area (Å²) in [5, 5.41) is 3.00. The zero-order chi connectivity index (χ0) is 15.1. The van der Waals surface area contributed by atoms with Gasteiger partial charge in [0.05, 0.1) is 18.8 Å². The van der Waals surface area contributed by atoms with E-state index in [1.54, 1.807) is 13.0 Å². The van der Waals surface area contributed by atoms with Crippen molar-refractivity contribution in [1.82, 2.24) is 0 Å². The highest BCUT2D eigenvalue weighted by molar-refractivity contribution is 5.60. The molecule has 1 atom stereocenters. The third-order valence-electron chi connectivity index (χ3n) is 2.66. The van der Waals surface area contributed by atoms with E-state index in [1.807, 2.05) is 0 Å². The SMILES string of the molecule is COc1ccc(OC(F)F)c(NC(C)C(OC)OC)c1. The summed E-state index contributed by atoms with van der Waals surface area (Å²) in [5.41, 5.74) is 0.372. The highest BCUT2D eigenvalue weighted by Crippen LogP contribution is 2.31. The van der Waals surface area contributed by atoms with E-state index in [9.17, 15) is 8.78 Å². The van der Waals surface area contributed by atoms with Crippen molar-refractivity contribution in [2.24, 2.45) is 0 Å². The van der Waals surface area contributed by atoms with Gasteiger partial charge in [-0.1, -0.05) is 0 Å². The molecule has 0 bridgehead atoms. The van der Waals surface area contributed by atoms with Crippen molar-refractivity contribution in [3.05, 3.63) is 18.2 Å². The van der Waals surface area contributed by atoms with Gasteiger partial charge >= 0.3 is 6.61 Å². The first-order valence-electron chi connectivity index (χ1n) is 5.96. The standard InChI is InChI=1S/C13H19F2NO4/c1-8(12(18-3)19-4)16-10-7-9(17-2)5-6-11(10)20-13(14)15/h5-8,12-13,16H,1-4H3. The number of nitrogens with one attached hydrogen (secondary N) is 1. The van der Waals surface area contributed by atoms with Crippen molar-refractivity contribution in [3.8, 4) is 11.5 Å². The lowest BCUT2D eigenvalue weighted by Gasteiger charge is -2.24. The average molecular weight is 291 g/mol. The van der Waals surface area contributed by atoms with Crippen LogP contribution in [0.15, 0.2) is 18.2 Å². The molecule has 1 N–H and O–H groups in total. The smallest absolute Gasteiger partial charge is 0.387 e. The largest absolute Gasteiger partial charge is 0.497 e. The molecule has 1 aromatic rings. The molecule has 0 saturated carbocycles. The first kappa shape index (κ1) is 16.5. The topological polar surface area (TPSA) is 49.0 Å². The van der Waals surface area contributed by atoms with Gasteiger partial charge in [-0.15, -0.1) is 0 Å². The highest BCUT2D eigenvalue weighted by atomic mass is 19.3. The summed E-state index contributed by atoms with van der Waals surface area (Å²) in [6, 6.07) is 4.24. The Balaban J connectivity index is 2.94. The summed E-state index contributed by atoms with van der Waals surface area (Å²) in [6.07, 6.45) is -0.527. The van der Waals surface area contributed by atoms with E-state index in [0.717, 1.165) is 0 Å². The second kappa shape index (κ2) is 7.86. The number of hydrogen-bond acceptors (Lipinski definition) is 5. The molecule has 0 amide bonds. The molecule has 7 heteroatoms. The number of hydrogen-bond donors (Lipinski definition) is 1. The maximum atomic E-state index is 12.4. The molecule has 1 unspecified atom stereocenters. The molecule has 0 aliphatic heterocycles. The minimum absolute atomic E-state index is 0.0265. The van der Waals surface area contributed by atoms with Crippen LogP contribution in [0, 0.1) is 0 Å². The molecule has 0 aliphatic carbocycles. The molecule has 0 heterocycles. The molecule has 1 aromatic carbocycles. The first-order chi connectivity index (χ1) is 9.51. The summed E-state index contributed by atoms with van der Waals surface area (Å²) < 4.78 is 44.5. The Morgan fingerprint density at radius 3 is 2.25 bits per heavy atom. The van der Waals surface area contributed by atoms with E-state index in [0.29, 0.717) is 11.4 Å². The van der Waals surface area contributed by atoms with Crippen molar-refractivity contribution >= 4 is 5.69 Å². The normalized spacial score (nSPS) is 12.6. The van der Waals surface area contributed by atoms with Crippen molar-refractivity contribution in [1.29, 1.82) is 0 Å². The number of ether oxygens (including phenoxy) is 4. The summed E-state index contributed by atoms with van der Waals surface area (Å²) in [5.74, 6) is 0.548. The van der Waals surface area contributed by atoms with Crippen molar-refractivity contribution in [2.75, 3.05) is 26.6 Å². The lowest BCUT2D eigenvalue weighted by molar-refractivity contribution is -0.109. The lowest BCUT2D eigenvalue weighted by Crippen LogP contribution is -2.34. The highest BCUT2D eigenvalue weighted by Gasteiger charge is 2.19. The fourth-order valence-electron chi connectivity index (χ4n) is 1.77. The third-order valence-corrected chi connectivity index (χ3v) is 2.66. The van der Waals surface area contributed by atoms with E-state index >= 15 is 0 Å². The van der Waals surface area contributed by atoms with Gasteiger partial charge in [0.1, 0.15) is 11.5 Å². The van der Waals surface area contributed by atoms with Gasteiger partial charge < -0.3 is 24.3 Å². The predicted molar refractivity (Wildman–Crippen MR) is 70.5 cm³/mol. The van der Waals surface area contributed by atoms with Gasteiger partial charge in [0, 0.05) is 20.3 Å². The van der Waals surface area contributed by atoms with Crippen LogP contribution in [-0.4, -0.2) is 40.3 Å². The molecule has 0 aromatic heterocycles. The molecular formula is C13H19F2NO4. The van der Waals surface area contributed by atoms with Crippen LogP contribution in [0.5, 0.6) is 11.5 Å². The number of halogens is 2. The molecule has 0 aliphatic rings. The van der Waals surface area contributed by atoms with Crippen LogP contribution in [0.3, 0.4) is 0 Å². The Hall–Kier alpha value is -1.60. The van der Waals surface area contributed by atoms with Crippen LogP contribution < -0.4 is 14.8 Å². The number of rotatable bonds is 8. The molecule has 20 heavy (non-hydrogen) atoms. The zero-order valence-electron chi connectivity index (χ0n) is 11.9. The summed E-state index contributed by atoms with van der Waals surface area (Å²) in [6.45, 7) is -1.11. The van der Waals surface area contributed by atoms with Crippen LogP contribution in [0.1, 0.15) is 6.92 Å². The quantitative estimate of drug-likeness (QED) is 0.746. The minimum atomic E-state index is -2.90. The summed E-state index contributed by atoms with van der Waals surface area (Å²) in [4.78, 5) is 0. The number of alkyl halides is 2. The fraction of sp³-hybridized carbons (Fsp3) is 0.538. The Kier molecular flexibility index (Phi) is 6.47. The van der Waals surface area contributed by atoms with Crippen molar-refractivity contribution in [3.63, 3.8) is 0 Å². The molecule has 0 radical (unpaired) electrons. The van der Waals surface area contributed by atoms with Crippen molar-refractivity contribution < 1.29 is 27.7 Å². The van der Waals surface area contributed by atoms with Gasteiger partial charge in [0.25, 0.3) is 0 Å². The summed E-state index contributed by atoms with van der Waals surface area (Å²) >= 11 is 0. The van der Waals surface area contributed by atoms with E-state index in [4.69, 9.17) is 14.2 Å². The Morgan fingerprint density at radius 1 is 1.10 bits per heavy atom. The number of benzene rings is 1. The Morgan fingerprint density at radius 2 is 1.75 bits per heavy atom. The predicted octanol–water partition coefficient (Wildman–Crippen LogP) is 2.72. The second-order valence-electron chi connectivity index (χ2n) is 4.01.